The van der Waals surface area contributed by atoms with E-state index in [1.54, 1.807) is 6.33 Å². The molecule has 4 heteroatoms. The van der Waals surface area contributed by atoms with E-state index in [1.165, 1.54) is 0 Å². The maximum Gasteiger partial charge on any atom is 0.129 e. The number of hydrogen-bond acceptors (Lipinski definition) is 4. The molecule has 0 aliphatic rings. The lowest BCUT2D eigenvalue weighted by Crippen LogP contribution is -2.00. The van der Waals surface area contributed by atoms with Crippen LogP contribution in [0.1, 0.15) is 20.3 Å². The second-order valence-corrected chi connectivity index (χ2v) is 4.19. The van der Waals surface area contributed by atoms with Crippen LogP contribution in [0.5, 0.6) is 5.75 Å². The Bertz CT molecular complexity index is 511. The van der Waals surface area contributed by atoms with Crippen LogP contribution < -0.4 is 10.1 Å². The summed E-state index contributed by atoms with van der Waals surface area (Å²) in [5.74, 6) is 1.74. The average Bonchev–Trinajstić information content (AvgIpc) is 2.46. The number of nitrogens with one attached hydrogen (secondary N) is 1. The van der Waals surface area contributed by atoms with Crippen molar-refractivity contribution in [2.75, 3.05) is 18.5 Å². The molecule has 0 saturated heterocycles. The van der Waals surface area contributed by atoms with Crippen molar-refractivity contribution in [3.63, 3.8) is 0 Å². The molecule has 0 unspecified atom stereocenters. The van der Waals surface area contributed by atoms with Crippen LogP contribution in [0.15, 0.2) is 36.7 Å². The van der Waals surface area contributed by atoms with Crippen LogP contribution in [0.2, 0.25) is 0 Å². The molecule has 0 fully saturated rings. The highest BCUT2D eigenvalue weighted by atomic mass is 16.5. The Kier molecular flexibility index (Phi) is 4.72. The molecule has 0 saturated carbocycles. The van der Waals surface area contributed by atoms with Gasteiger partial charge in [-0.1, -0.05) is 6.92 Å². The minimum Gasteiger partial charge on any atom is -0.494 e. The summed E-state index contributed by atoms with van der Waals surface area (Å²) in [6, 6.07) is 9.93. The maximum absolute atomic E-state index is 5.56. The van der Waals surface area contributed by atoms with Gasteiger partial charge in [-0.3, -0.25) is 0 Å². The number of ether oxygens (including phenoxy) is 1. The van der Waals surface area contributed by atoms with Crippen molar-refractivity contribution < 1.29 is 4.74 Å². The van der Waals surface area contributed by atoms with Gasteiger partial charge in [0.2, 0.25) is 0 Å². The molecule has 0 atom stereocenters. The molecule has 0 bridgehead atoms. The third kappa shape index (κ3) is 3.68. The van der Waals surface area contributed by atoms with E-state index in [0.29, 0.717) is 0 Å². The zero-order chi connectivity index (χ0) is 13.5. The summed E-state index contributed by atoms with van der Waals surface area (Å²) in [6.45, 7) is 5.73. The van der Waals surface area contributed by atoms with Gasteiger partial charge in [-0.15, -0.1) is 0 Å². The molecule has 19 heavy (non-hydrogen) atoms. The molecule has 1 aromatic heterocycles. The molecule has 0 aliphatic heterocycles. The van der Waals surface area contributed by atoms with Gasteiger partial charge >= 0.3 is 0 Å². The lowest BCUT2D eigenvalue weighted by Gasteiger charge is -2.07. The van der Waals surface area contributed by atoms with Crippen LogP contribution in [-0.2, 0) is 0 Å². The standard InChI is InChI=1S/C15H19N3O/c1-3-9-19-13-7-5-12(6-8-13)14-10-15(16-4-2)18-11-17-14/h5-8,10-11H,3-4,9H2,1-2H3,(H,16,17,18). The van der Waals surface area contributed by atoms with E-state index in [9.17, 15) is 0 Å². The monoisotopic (exact) mass is 257 g/mol. The third-order valence-corrected chi connectivity index (χ3v) is 2.65. The normalized spacial score (nSPS) is 10.2. The first-order valence-electron chi connectivity index (χ1n) is 6.62. The maximum atomic E-state index is 5.56. The van der Waals surface area contributed by atoms with Crippen molar-refractivity contribution in [1.82, 2.24) is 9.97 Å². The Morgan fingerprint density at radius 3 is 2.58 bits per heavy atom. The molecule has 0 radical (unpaired) electrons. The van der Waals surface area contributed by atoms with E-state index >= 15 is 0 Å². The van der Waals surface area contributed by atoms with Gasteiger partial charge in [0.15, 0.2) is 0 Å². The smallest absolute Gasteiger partial charge is 0.129 e. The Balaban J connectivity index is 2.14. The fourth-order valence-corrected chi connectivity index (χ4v) is 1.73. The summed E-state index contributed by atoms with van der Waals surface area (Å²) in [7, 11) is 0. The van der Waals surface area contributed by atoms with E-state index in [0.717, 1.165) is 42.4 Å². The summed E-state index contributed by atoms with van der Waals surface area (Å²) in [6.07, 6.45) is 2.59. The van der Waals surface area contributed by atoms with Gasteiger partial charge in [0.25, 0.3) is 0 Å². The quantitative estimate of drug-likeness (QED) is 0.862. The second kappa shape index (κ2) is 6.73. The SMILES string of the molecule is CCCOc1ccc(-c2cc(NCC)ncn2)cc1. The van der Waals surface area contributed by atoms with Gasteiger partial charge in [-0.2, -0.15) is 0 Å². The van der Waals surface area contributed by atoms with Gasteiger partial charge in [-0.05, 0) is 37.6 Å². The van der Waals surface area contributed by atoms with Crippen LogP contribution in [0.3, 0.4) is 0 Å². The number of nitrogens with zero attached hydrogens (tertiary/aromatic N) is 2. The van der Waals surface area contributed by atoms with Crippen LogP contribution >= 0.6 is 0 Å². The molecule has 2 rings (SSSR count). The molecule has 2 aromatic rings. The Morgan fingerprint density at radius 1 is 1.11 bits per heavy atom. The van der Waals surface area contributed by atoms with Crippen molar-refractivity contribution >= 4 is 5.82 Å². The Labute approximate surface area is 113 Å². The lowest BCUT2D eigenvalue weighted by atomic mass is 10.1. The molecule has 4 nitrogen and oxygen atoms in total. The fourth-order valence-electron chi connectivity index (χ4n) is 1.73. The predicted octanol–water partition coefficient (Wildman–Crippen LogP) is 3.36. The van der Waals surface area contributed by atoms with Gasteiger partial charge in [0.05, 0.1) is 12.3 Å². The van der Waals surface area contributed by atoms with E-state index in [1.807, 2.05) is 37.3 Å². The molecule has 1 N–H and O–H groups in total. The fraction of sp³-hybridized carbons (Fsp3) is 0.333. The first kappa shape index (κ1) is 13.3. The van der Waals surface area contributed by atoms with Crippen LogP contribution in [0, 0.1) is 0 Å². The number of anilines is 1. The van der Waals surface area contributed by atoms with Crippen LogP contribution in [0.4, 0.5) is 5.82 Å². The van der Waals surface area contributed by atoms with E-state index in [2.05, 4.69) is 22.2 Å². The summed E-state index contributed by atoms with van der Waals surface area (Å²) in [5.41, 5.74) is 1.97. The van der Waals surface area contributed by atoms with Gasteiger partial charge in [0.1, 0.15) is 17.9 Å². The molecule has 0 spiro atoms. The number of hydrogen-bond donors (Lipinski definition) is 1. The van der Waals surface area contributed by atoms with Crippen molar-refractivity contribution in [2.24, 2.45) is 0 Å². The average molecular weight is 257 g/mol. The van der Waals surface area contributed by atoms with E-state index in [-0.39, 0.29) is 0 Å². The zero-order valence-corrected chi connectivity index (χ0v) is 11.4. The third-order valence-electron chi connectivity index (χ3n) is 2.65. The first-order chi connectivity index (χ1) is 9.33. The highest BCUT2D eigenvalue weighted by molar-refractivity contribution is 5.62. The molecule has 0 amide bonds. The van der Waals surface area contributed by atoms with Crippen molar-refractivity contribution in [3.05, 3.63) is 36.7 Å². The van der Waals surface area contributed by atoms with Crippen molar-refractivity contribution in [1.29, 1.82) is 0 Å². The minimum atomic E-state index is 0.747. The number of aromatic nitrogens is 2. The van der Waals surface area contributed by atoms with E-state index in [4.69, 9.17) is 4.74 Å². The molecule has 1 heterocycles. The van der Waals surface area contributed by atoms with Gasteiger partial charge in [-0.25, -0.2) is 9.97 Å². The summed E-state index contributed by atoms with van der Waals surface area (Å²) in [5, 5.41) is 3.18. The second-order valence-electron chi connectivity index (χ2n) is 4.19. The van der Waals surface area contributed by atoms with Crippen LogP contribution in [-0.4, -0.2) is 23.1 Å². The highest BCUT2D eigenvalue weighted by Crippen LogP contribution is 2.21. The van der Waals surface area contributed by atoms with Crippen molar-refractivity contribution in [3.8, 4) is 17.0 Å². The molecule has 100 valence electrons. The van der Waals surface area contributed by atoms with Crippen LogP contribution in [0.25, 0.3) is 11.3 Å². The topological polar surface area (TPSA) is 47.0 Å². The van der Waals surface area contributed by atoms with E-state index < -0.39 is 0 Å². The molecular weight excluding hydrogens is 238 g/mol. The highest BCUT2D eigenvalue weighted by Gasteiger charge is 2.02. The molecular formula is C15H19N3O. The van der Waals surface area contributed by atoms with Gasteiger partial charge < -0.3 is 10.1 Å². The minimum absolute atomic E-state index is 0.747. The summed E-state index contributed by atoms with van der Waals surface area (Å²) in [4.78, 5) is 8.46. The Morgan fingerprint density at radius 2 is 1.89 bits per heavy atom. The number of benzene rings is 1. The zero-order valence-electron chi connectivity index (χ0n) is 11.4. The summed E-state index contributed by atoms with van der Waals surface area (Å²) >= 11 is 0. The first-order valence-corrected chi connectivity index (χ1v) is 6.62. The predicted molar refractivity (Wildman–Crippen MR) is 77.4 cm³/mol. The van der Waals surface area contributed by atoms with Crippen molar-refractivity contribution in [2.45, 2.75) is 20.3 Å². The summed E-state index contributed by atoms with van der Waals surface area (Å²) < 4.78 is 5.56. The van der Waals surface area contributed by atoms with Gasteiger partial charge in [0, 0.05) is 18.2 Å². The number of rotatable bonds is 6. The Hall–Kier alpha value is -2.10. The lowest BCUT2D eigenvalue weighted by molar-refractivity contribution is 0.317. The molecule has 0 aliphatic carbocycles. The largest absolute Gasteiger partial charge is 0.494 e. The molecule has 1 aromatic carbocycles.